The van der Waals surface area contributed by atoms with Gasteiger partial charge in [-0.2, -0.15) is 0 Å². The number of amides is 1. The fourth-order valence-corrected chi connectivity index (χ4v) is 4.80. The third-order valence-corrected chi connectivity index (χ3v) is 6.62. The first kappa shape index (κ1) is 22.4. The number of carbonyl (C=O) groups excluding carboxylic acids is 1. The standard InChI is InChI=1S/C25H31FN4O2/c1-32-28-24(20-2-4-23(26)5-3-20)21-10-16-30(17-11-21)25(31)22-8-14-29(15-9-22)18-19-6-12-27-13-7-19/h2-7,12-13,21-22H,8-11,14-18H2,1H3/b28-24-. The molecule has 1 amide bonds. The number of aromatic nitrogens is 1. The SMILES string of the molecule is CO/N=C(/c1ccc(F)cc1)C1CCN(C(=O)C2CCN(Cc3ccncc3)CC2)CC1. The van der Waals surface area contributed by atoms with E-state index < -0.39 is 0 Å². The van der Waals surface area contributed by atoms with Crippen LogP contribution in [0.25, 0.3) is 0 Å². The molecule has 4 rings (SSSR count). The van der Waals surface area contributed by atoms with E-state index >= 15 is 0 Å². The van der Waals surface area contributed by atoms with E-state index in [0.29, 0.717) is 5.91 Å². The van der Waals surface area contributed by atoms with Gasteiger partial charge in [0.1, 0.15) is 12.9 Å². The minimum Gasteiger partial charge on any atom is -0.399 e. The molecule has 3 heterocycles. The predicted octanol–water partition coefficient (Wildman–Crippen LogP) is 3.72. The highest BCUT2D eigenvalue weighted by molar-refractivity contribution is 6.02. The zero-order valence-electron chi connectivity index (χ0n) is 18.6. The van der Waals surface area contributed by atoms with E-state index in [9.17, 15) is 9.18 Å². The molecule has 2 fully saturated rings. The van der Waals surface area contributed by atoms with Crippen LogP contribution in [0.1, 0.15) is 36.8 Å². The normalized spacial score (nSPS) is 19.2. The number of piperidine rings is 2. The summed E-state index contributed by atoms with van der Waals surface area (Å²) in [5, 5.41) is 4.23. The summed E-state index contributed by atoms with van der Waals surface area (Å²) < 4.78 is 13.3. The van der Waals surface area contributed by atoms with Gasteiger partial charge in [0.2, 0.25) is 5.91 Å². The Kier molecular flexibility index (Phi) is 7.47. The van der Waals surface area contributed by atoms with Gasteiger partial charge in [0, 0.05) is 43.9 Å². The Hall–Kier alpha value is -2.80. The van der Waals surface area contributed by atoms with Crippen molar-refractivity contribution in [2.24, 2.45) is 17.0 Å². The summed E-state index contributed by atoms with van der Waals surface area (Å²) in [5.74, 6) is 0.341. The zero-order valence-corrected chi connectivity index (χ0v) is 18.6. The topological polar surface area (TPSA) is 58.0 Å². The van der Waals surface area contributed by atoms with Gasteiger partial charge in [-0.3, -0.25) is 14.7 Å². The lowest BCUT2D eigenvalue weighted by Crippen LogP contribution is -2.46. The van der Waals surface area contributed by atoms with Crippen LogP contribution < -0.4 is 0 Å². The Balaban J connectivity index is 1.28. The largest absolute Gasteiger partial charge is 0.399 e. The molecule has 6 nitrogen and oxygen atoms in total. The average Bonchev–Trinajstić information content (AvgIpc) is 2.84. The molecule has 1 aromatic carbocycles. The van der Waals surface area contributed by atoms with E-state index in [1.165, 1.54) is 24.8 Å². The average molecular weight is 439 g/mol. The fraction of sp³-hybridized carbons (Fsp3) is 0.480. The molecule has 0 atom stereocenters. The number of pyridine rings is 1. The van der Waals surface area contributed by atoms with E-state index in [2.05, 4.69) is 27.2 Å². The number of benzene rings is 1. The molecular formula is C25H31FN4O2. The van der Waals surface area contributed by atoms with E-state index in [1.807, 2.05) is 17.3 Å². The molecule has 2 saturated heterocycles. The van der Waals surface area contributed by atoms with Crippen LogP contribution in [-0.4, -0.2) is 59.7 Å². The van der Waals surface area contributed by atoms with Crippen LogP contribution in [0.2, 0.25) is 0 Å². The quantitative estimate of drug-likeness (QED) is 0.510. The highest BCUT2D eigenvalue weighted by Crippen LogP contribution is 2.27. The number of hydrogen-bond acceptors (Lipinski definition) is 5. The molecule has 0 N–H and O–H groups in total. The molecule has 1 aromatic heterocycles. The maximum Gasteiger partial charge on any atom is 0.225 e. The van der Waals surface area contributed by atoms with Gasteiger partial charge in [0.15, 0.2) is 0 Å². The van der Waals surface area contributed by atoms with Gasteiger partial charge < -0.3 is 9.74 Å². The van der Waals surface area contributed by atoms with Gasteiger partial charge in [0.05, 0.1) is 5.71 Å². The predicted molar refractivity (Wildman–Crippen MR) is 121 cm³/mol. The van der Waals surface area contributed by atoms with Gasteiger partial charge in [0.25, 0.3) is 0 Å². The van der Waals surface area contributed by atoms with Crippen LogP contribution in [0.15, 0.2) is 53.9 Å². The summed E-state index contributed by atoms with van der Waals surface area (Å²) in [5.41, 5.74) is 2.98. The molecule has 7 heteroatoms. The van der Waals surface area contributed by atoms with Crippen molar-refractivity contribution >= 4 is 11.6 Å². The van der Waals surface area contributed by atoms with Crippen molar-refractivity contribution in [2.75, 3.05) is 33.3 Å². The summed E-state index contributed by atoms with van der Waals surface area (Å²) in [6.07, 6.45) is 7.16. The van der Waals surface area contributed by atoms with E-state index in [0.717, 1.165) is 69.7 Å². The Morgan fingerprint density at radius 1 is 1.00 bits per heavy atom. The smallest absolute Gasteiger partial charge is 0.225 e. The summed E-state index contributed by atoms with van der Waals surface area (Å²) in [4.78, 5) is 26.7. The molecular weight excluding hydrogens is 407 g/mol. The second kappa shape index (κ2) is 10.7. The molecule has 0 spiro atoms. The summed E-state index contributed by atoms with van der Waals surface area (Å²) in [7, 11) is 1.53. The lowest BCUT2D eigenvalue weighted by molar-refractivity contribution is -0.138. The maximum absolute atomic E-state index is 13.3. The Labute approximate surface area is 189 Å². The number of hydrogen-bond donors (Lipinski definition) is 0. The molecule has 0 aliphatic carbocycles. The third kappa shape index (κ3) is 5.51. The van der Waals surface area contributed by atoms with Gasteiger partial charge in [-0.05, 0) is 74.2 Å². The number of nitrogens with zero attached hydrogens (tertiary/aromatic N) is 4. The fourth-order valence-electron chi connectivity index (χ4n) is 4.80. The van der Waals surface area contributed by atoms with Crippen molar-refractivity contribution in [3.8, 4) is 0 Å². The lowest BCUT2D eigenvalue weighted by Gasteiger charge is -2.37. The van der Waals surface area contributed by atoms with Gasteiger partial charge in [-0.15, -0.1) is 0 Å². The van der Waals surface area contributed by atoms with Gasteiger partial charge >= 0.3 is 0 Å². The molecule has 170 valence electrons. The van der Waals surface area contributed by atoms with Crippen molar-refractivity contribution in [2.45, 2.75) is 32.2 Å². The van der Waals surface area contributed by atoms with Crippen LogP contribution in [0.5, 0.6) is 0 Å². The van der Waals surface area contributed by atoms with Crippen LogP contribution in [0.3, 0.4) is 0 Å². The van der Waals surface area contributed by atoms with Crippen molar-refractivity contribution in [1.29, 1.82) is 0 Å². The lowest BCUT2D eigenvalue weighted by atomic mass is 9.87. The first-order valence-electron chi connectivity index (χ1n) is 11.4. The number of oxime groups is 1. The molecule has 2 aliphatic heterocycles. The second-order valence-electron chi connectivity index (χ2n) is 8.67. The highest BCUT2D eigenvalue weighted by Gasteiger charge is 2.32. The number of carbonyl (C=O) groups is 1. The third-order valence-electron chi connectivity index (χ3n) is 6.62. The molecule has 2 aromatic rings. The monoisotopic (exact) mass is 438 g/mol. The van der Waals surface area contributed by atoms with Gasteiger partial charge in [-0.1, -0.05) is 17.3 Å². The van der Waals surface area contributed by atoms with Crippen LogP contribution in [0.4, 0.5) is 4.39 Å². The number of halogens is 1. The van der Waals surface area contributed by atoms with Crippen LogP contribution >= 0.6 is 0 Å². The van der Waals surface area contributed by atoms with E-state index in [-0.39, 0.29) is 17.7 Å². The van der Waals surface area contributed by atoms with E-state index in [1.54, 1.807) is 12.1 Å². The molecule has 0 radical (unpaired) electrons. The summed E-state index contributed by atoms with van der Waals surface area (Å²) in [6.45, 7) is 4.27. The first-order valence-corrected chi connectivity index (χ1v) is 11.4. The second-order valence-corrected chi connectivity index (χ2v) is 8.67. The minimum atomic E-state index is -0.266. The first-order chi connectivity index (χ1) is 15.6. The van der Waals surface area contributed by atoms with Crippen molar-refractivity contribution in [3.05, 3.63) is 65.7 Å². The number of rotatable bonds is 6. The minimum absolute atomic E-state index is 0.115. The van der Waals surface area contributed by atoms with Crippen LogP contribution in [0, 0.1) is 17.7 Å². The Morgan fingerprint density at radius 3 is 2.25 bits per heavy atom. The van der Waals surface area contributed by atoms with Crippen molar-refractivity contribution in [1.82, 2.24) is 14.8 Å². The molecule has 2 aliphatic rings. The summed E-state index contributed by atoms with van der Waals surface area (Å²) in [6, 6.07) is 10.5. The molecule has 0 saturated carbocycles. The van der Waals surface area contributed by atoms with Crippen molar-refractivity contribution in [3.63, 3.8) is 0 Å². The van der Waals surface area contributed by atoms with Crippen molar-refractivity contribution < 1.29 is 14.0 Å². The number of likely N-dealkylation sites (tertiary alicyclic amines) is 2. The van der Waals surface area contributed by atoms with Gasteiger partial charge in [-0.25, -0.2) is 4.39 Å². The Morgan fingerprint density at radius 2 is 1.62 bits per heavy atom. The molecule has 0 unspecified atom stereocenters. The summed E-state index contributed by atoms with van der Waals surface area (Å²) >= 11 is 0. The van der Waals surface area contributed by atoms with Crippen LogP contribution in [-0.2, 0) is 16.2 Å². The Bertz CT molecular complexity index is 903. The van der Waals surface area contributed by atoms with E-state index in [4.69, 9.17) is 4.84 Å². The molecule has 0 bridgehead atoms. The maximum atomic E-state index is 13.3. The molecule has 32 heavy (non-hydrogen) atoms. The highest BCUT2D eigenvalue weighted by atomic mass is 19.1. The zero-order chi connectivity index (χ0) is 22.3.